The van der Waals surface area contributed by atoms with E-state index in [1.54, 1.807) is 6.07 Å². The second kappa shape index (κ2) is 11.0. The average Bonchev–Trinajstić information content (AvgIpc) is 2.81. The Labute approximate surface area is 200 Å². The van der Waals surface area contributed by atoms with Crippen molar-refractivity contribution >= 4 is 6.08 Å². The van der Waals surface area contributed by atoms with Crippen molar-refractivity contribution in [3.63, 3.8) is 0 Å². The molecule has 0 aromatic heterocycles. The van der Waals surface area contributed by atoms with Crippen LogP contribution in [0.5, 0.6) is 5.75 Å². The number of ether oxygens (including phenoxy) is 1. The van der Waals surface area contributed by atoms with Gasteiger partial charge in [0, 0.05) is 5.56 Å². The fourth-order valence-electron chi connectivity index (χ4n) is 5.52. The number of rotatable bonds is 8. The number of hydrogen-bond acceptors (Lipinski definition) is 1. The summed E-state index contributed by atoms with van der Waals surface area (Å²) >= 11 is 0. The zero-order valence-electron chi connectivity index (χ0n) is 19.9. The first-order chi connectivity index (χ1) is 16.3. The highest BCUT2D eigenvalue weighted by atomic mass is 19.4. The highest BCUT2D eigenvalue weighted by Crippen LogP contribution is 2.37. The first kappa shape index (κ1) is 24.8. The molecule has 4 rings (SSSR count). The number of benzene rings is 2. The van der Waals surface area contributed by atoms with Gasteiger partial charge in [-0.15, -0.1) is 13.2 Å². The molecule has 0 amide bonds. The third kappa shape index (κ3) is 6.64. The predicted molar refractivity (Wildman–Crippen MR) is 129 cm³/mol. The van der Waals surface area contributed by atoms with Gasteiger partial charge in [0.15, 0.2) is 0 Å². The summed E-state index contributed by atoms with van der Waals surface area (Å²) in [5.74, 6) is 1.09. The fourth-order valence-corrected chi connectivity index (χ4v) is 5.52. The minimum atomic E-state index is -4.74. The van der Waals surface area contributed by atoms with Crippen molar-refractivity contribution in [1.29, 1.82) is 0 Å². The molecule has 1 fully saturated rings. The molecule has 0 N–H and O–H groups in total. The monoisotopic (exact) mass is 474 g/mol. The topological polar surface area (TPSA) is 9.23 Å². The van der Waals surface area contributed by atoms with Gasteiger partial charge in [-0.1, -0.05) is 75.7 Å². The van der Waals surface area contributed by atoms with E-state index >= 15 is 0 Å². The van der Waals surface area contributed by atoms with E-state index in [0.29, 0.717) is 11.1 Å². The lowest BCUT2D eigenvalue weighted by Gasteiger charge is -2.29. The van der Waals surface area contributed by atoms with Gasteiger partial charge >= 0.3 is 6.36 Å². The van der Waals surface area contributed by atoms with Gasteiger partial charge in [0.25, 0.3) is 0 Å². The molecule has 2 aromatic rings. The number of unbranched alkanes of at least 4 members (excludes halogenated alkanes) is 1. The Kier molecular flexibility index (Phi) is 8.00. The molecule has 0 radical (unpaired) electrons. The van der Waals surface area contributed by atoms with Gasteiger partial charge < -0.3 is 4.74 Å². The standard InChI is InChI=1S/C29H34F4O/c1-2-3-4-20-5-7-21(8-6-20)9-10-22-11-12-24-18-27(28(30)19-25(24)17-22)23-13-15-26(16-14-23)34-29(31,32)33/h13-21H,2-12H2,1H3. The number of fused-ring (bicyclic) bond motifs is 1. The van der Waals surface area contributed by atoms with E-state index in [0.717, 1.165) is 42.2 Å². The molecule has 0 heterocycles. The van der Waals surface area contributed by atoms with E-state index in [9.17, 15) is 17.6 Å². The lowest BCUT2D eigenvalue weighted by atomic mass is 9.77. The summed E-state index contributed by atoms with van der Waals surface area (Å²) in [6.45, 7) is 2.27. The quantitative estimate of drug-likeness (QED) is 0.346. The van der Waals surface area contributed by atoms with Crippen molar-refractivity contribution in [1.82, 2.24) is 0 Å². The molecule has 0 saturated heterocycles. The third-order valence-corrected chi connectivity index (χ3v) is 7.51. The van der Waals surface area contributed by atoms with E-state index in [2.05, 4.69) is 17.7 Å². The van der Waals surface area contributed by atoms with Gasteiger partial charge in [0.2, 0.25) is 0 Å². The Morgan fingerprint density at radius 3 is 2.24 bits per heavy atom. The van der Waals surface area contributed by atoms with Crippen LogP contribution in [0.2, 0.25) is 0 Å². The van der Waals surface area contributed by atoms with E-state index in [4.69, 9.17) is 0 Å². The van der Waals surface area contributed by atoms with Crippen molar-refractivity contribution in [3.8, 4) is 16.9 Å². The van der Waals surface area contributed by atoms with Crippen LogP contribution in [-0.4, -0.2) is 6.36 Å². The van der Waals surface area contributed by atoms with E-state index < -0.39 is 6.36 Å². The minimum Gasteiger partial charge on any atom is -0.406 e. The summed E-state index contributed by atoms with van der Waals surface area (Å²) in [4.78, 5) is 0. The predicted octanol–water partition coefficient (Wildman–Crippen LogP) is 9.50. The molecule has 34 heavy (non-hydrogen) atoms. The smallest absolute Gasteiger partial charge is 0.406 e. The molecule has 2 aliphatic carbocycles. The van der Waals surface area contributed by atoms with Crippen molar-refractivity contribution in [2.75, 3.05) is 0 Å². The van der Waals surface area contributed by atoms with Gasteiger partial charge in [0.1, 0.15) is 11.6 Å². The van der Waals surface area contributed by atoms with Gasteiger partial charge in [-0.05, 0) is 78.5 Å². The van der Waals surface area contributed by atoms with E-state index in [1.807, 2.05) is 6.07 Å². The minimum absolute atomic E-state index is 0.309. The van der Waals surface area contributed by atoms with Crippen molar-refractivity contribution in [2.24, 2.45) is 11.8 Å². The highest BCUT2D eigenvalue weighted by molar-refractivity contribution is 5.70. The summed E-state index contributed by atoms with van der Waals surface area (Å²) < 4.78 is 56.0. The zero-order chi connectivity index (χ0) is 24.1. The molecule has 0 bridgehead atoms. The summed E-state index contributed by atoms with van der Waals surface area (Å²) in [6, 6.07) is 8.78. The fraction of sp³-hybridized carbons (Fsp3) is 0.517. The van der Waals surface area contributed by atoms with E-state index in [1.165, 1.54) is 81.2 Å². The molecule has 1 nitrogen and oxygen atoms in total. The van der Waals surface area contributed by atoms with Crippen LogP contribution < -0.4 is 4.74 Å². The summed E-state index contributed by atoms with van der Waals surface area (Å²) in [5.41, 5.74) is 4.38. The Balaban J connectivity index is 1.37. The van der Waals surface area contributed by atoms with Crippen molar-refractivity contribution < 1.29 is 22.3 Å². The number of allylic oxidation sites excluding steroid dienone is 1. The van der Waals surface area contributed by atoms with Crippen LogP contribution in [0.25, 0.3) is 17.2 Å². The molecule has 0 unspecified atom stereocenters. The molecular weight excluding hydrogens is 440 g/mol. The molecule has 0 atom stereocenters. The van der Waals surface area contributed by atoms with Crippen LogP contribution >= 0.6 is 0 Å². The Morgan fingerprint density at radius 2 is 1.59 bits per heavy atom. The maximum atomic E-state index is 14.9. The van der Waals surface area contributed by atoms with Gasteiger partial charge in [0.05, 0.1) is 0 Å². The molecule has 5 heteroatoms. The number of alkyl halides is 3. The first-order valence-corrected chi connectivity index (χ1v) is 12.7. The molecule has 0 spiro atoms. The Hall–Kier alpha value is -2.30. The highest BCUT2D eigenvalue weighted by Gasteiger charge is 2.31. The molecule has 0 aliphatic heterocycles. The number of aryl methyl sites for hydroxylation is 1. The second-order valence-electron chi connectivity index (χ2n) is 9.97. The second-order valence-corrected chi connectivity index (χ2v) is 9.97. The molecular formula is C29H34F4O. The Morgan fingerprint density at radius 1 is 0.912 bits per heavy atom. The maximum absolute atomic E-state index is 14.9. The zero-order valence-corrected chi connectivity index (χ0v) is 19.9. The van der Waals surface area contributed by atoms with Crippen LogP contribution in [0.3, 0.4) is 0 Å². The molecule has 1 saturated carbocycles. The van der Waals surface area contributed by atoms with Crippen molar-refractivity contribution in [3.05, 3.63) is 58.9 Å². The van der Waals surface area contributed by atoms with Gasteiger partial charge in [-0.2, -0.15) is 0 Å². The number of hydrogen-bond donors (Lipinski definition) is 0. The molecule has 2 aliphatic rings. The first-order valence-electron chi connectivity index (χ1n) is 12.7. The van der Waals surface area contributed by atoms with Crippen molar-refractivity contribution in [2.45, 2.75) is 83.9 Å². The van der Waals surface area contributed by atoms with Crippen LogP contribution in [-0.2, 0) is 6.42 Å². The summed E-state index contributed by atoms with van der Waals surface area (Å²) in [6.07, 6.45) is 11.1. The lowest BCUT2D eigenvalue weighted by molar-refractivity contribution is -0.274. The Bertz CT molecular complexity index is 982. The normalized spacial score (nSPS) is 20.6. The van der Waals surface area contributed by atoms with E-state index in [-0.39, 0.29) is 11.6 Å². The molecule has 184 valence electrons. The van der Waals surface area contributed by atoms with Crippen LogP contribution in [0, 0.1) is 17.7 Å². The van der Waals surface area contributed by atoms with Crippen LogP contribution in [0.15, 0.2) is 42.0 Å². The van der Waals surface area contributed by atoms with Crippen LogP contribution in [0.4, 0.5) is 17.6 Å². The third-order valence-electron chi connectivity index (χ3n) is 7.51. The van der Waals surface area contributed by atoms with Crippen LogP contribution in [0.1, 0.15) is 82.3 Å². The maximum Gasteiger partial charge on any atom is 0.573 e. The summed E-state index contributed by atoms with van der Waals surface area (Å²) in [5, 5.41) is 0. The summed E-state index contributed by atoms with van der Waals surface area (Å²) in [7, 11) is 0. The average molecular weight is 475 g/mol. The largest absolute Gasteiger partial charge is 0.573 e. The number of halogens is 4. The lowest BCUT2D eigenvalue weighted by Crippen LogP contribution is -2.16. The SMILES string of the molecule is CCCCC1CCC(CCC2=Cc3cc(F)c(-c4ccc(OC(F)(F)F)cc4)cc3CC2)CC1. The molecule has 2 aromatic carbocycles. The van der Waals surface area contributed by atoms with Gasteiger partial charge in [-0.25, -0.2) is 4.39 Å². The van der Waals surface area contributed by atoms with Gasteiger partial charge in [-0.3, -0.25) is 0 Å².